The zero-order valence-corrected chi connectivity index (χ0v) is 34.5. The quantitative estimate of drug-likeness (QED) is 0.248. The summed E-state index contributed by atoms with van der Waals surface area (Å²) >= 11 is 1.22. The number of nitrogens with one attached hydrogen (secondary N) is 3. The predicted molar refractivity (Wildman–Crippen MR) is 213 cm³/mol. The molecule has 1 aromatic carbocycles. The molecule has 0 radical (unpaired) electrons. The van der Waals surface area contributed by atoms with Gasteiger partial charge in [0.2, 0.25) is 27.7 Å². The van der Waals surface area contributed by atoms with E-state index >= 15 is 0 Å². The third kappa shape index (κ3) is 8.73. The molecule has 3 N–H and O–H groups in total. The van der Waals surface area contributed by atoms with Crippen molar-refractivity contribution >= 4 is 55.9 Å². The van der Waals surface area contributed by atoms with E-state index in [9.17, 15) is 27.6 Å². The van der Waals surface area contributed by atoms with Gasteiger partial charge in [-0.15, -0.1) is 11.3 Å². The van der Waals surface area contributed by atoms with Crippen LogP contribution < -0.4 is 29.6 Å². The molecule has 1 saturated heterocycles. The van der Waals surface area contributed by atoms with E-state index in [4.69, 9.17) is 19.2 Å². The van der Waals surface area contributed by atoms with Crippen LogP contribution in [0.3, 0.4) is 0 Å². The second-order valence-electron chi connectivity index (χ2n) is 15.7. The van der Waals surface area contributed by atoms with Crippen LogP contribution in [0.5, 0.6) is 17.4 Å². The second-order valence-corrected chi connectivity index (χ2v) is 18.9. The van der Waals surface area contributed by atoms with Crippen molar-refractivity contribution in [2.24, 2.45) is 5.92 Å². The molecule has 57 heavy (non-hydrogen) atoms. The van der Waals surface area contributed by atoms with Crippen LogP contribution in [0.2, 0.25) is 0 Å². The van der Waals surface area contributed by atoms with Gasteiger partial charge in [-0.3, -0.25) is 23.9 Å². The largest absolute Gasteiger partial charge is 0.496 e. The summed E-state index contributed by atoms with van der Waals surface area (Å²) in [5.41, 5.74) is -0.135. The van der Waals surface area contributed by atoms with Gasteiger partial charge in [0.25, 0.3) is 11.8 Å². The first kappa shape index (κ1) is 40.4. The lowest BCUT2D eigenvalue weighted by molar-refractivity contribution is -0.141. The molecule has 2 aliphatic heterocycles. The summed E-state index contributed by atoms with van der Waals surface area (Å²) in [7, 11) is -2.33. The zero-order valence-electron chi connectivity index (χ0n) is 32.8. The number of benzene rings is 1. The van der Waals surface area contributed by atoms with Crippen LogP contribution in [0.25, 0.3) is 10.9 Å². The number of rotatable bonds is 10. The Morgan fingerprint density at radius 2 is 1.88 bits per heavy atom. The van der Waals surface area contributed by atoms with E-state index in [2.05, 4.69) is 20.3 Å². The van der Waals surface area contributed by atoms with Gasteiger partial charge in [-0.05, 0) is 78.4 Å². The molecule has 7 rings (SSSR count). The third-order valence-corrected chi connectivity index (χ3v) is 13.7. The Hall–Kier alpha value is -4.77. The molecule has 2 aromatic heterocycles. The highest BCUT2D eigenvalue weighted by atomic mass is 32.2. The highest BCUT2D eigenvalue weighted by Gasteiger charge is 2.62. The number of fused-ring (bicyclic) bond motifs is 3. The maximum atomic E-state index is 14.7. The zero-order chi connectivity index (χ0) is 40.6. The summed E-state index contributed by atoms with van der Waals surface area (Å²) < 4.78 is 46.3. The van der Waals surface area contributed by atoms with E-state index in [-0.39, 0.29) is 30.5 Å². The van der Waals surface area contributed by atoms with Crippen LogP contribution in [0.4, 0.5) is 0 Å². The van der Waals surface area contributed by atoms with Gasteiger partial charge in [0.15, 0.2) is 5.01 Å². The number of pyridine rings is 1. The highest BCUT2D eigenvalue weighted by molar-refractivity contribution is 7.91. The molecule has 3 aromatic rings. The molecule has 3 fully saturated rings. The molecule has 0 unspecified atom stereocenters. The SMILES string of the molecule is COc1ccc2c(O[C@@H]3C[C@H]4C(=O)N[C@]5(C(=O)NS(=O)(=O)C6CC6)C[C@H]5/C=C\CCCCC[C@H](NC(=O)c5ncc(C)s5)C(=O)N4C3)cc(OC(C)C)nc2c1C. The molecule has 15 nitrogen and oxygen atoms in total. The molecule has 2 saturated carbocycles. The van der Waals surface area contributed by atoms with E-state index in [1.807, 2.05) is 52.0 Å². The first-order valence-corrected chi connectivity index (χ1v) is 22.0. The Kier molecular flexibility index (Phi) is 11.5. The summed E-state index contributed by atoms with van der Waals surface area (Å²) in [4.78, 5) is 67.7. The number of methoxy groups -OCH3 is 1. The first-order chi connectivity index (χ1) is 27.2. The molecule has 17 heteroatoms. The summed E-state index contributed by atoms with van der Waals surface area (Å²) in [5, 5.41) is 6.07. The number of aromatic nitrogens is 2. The van der Waals surface area contributed by atoms with Gasteiger partial charge in [-0.2, -0.15) is 0 Å². The fourth-order valence-electron chi connectivity index (χ4n) is 7.68. The number of hydrogen-bond donors (Lipinski definition) is 3. The van der Waals surface area contributed by atoms with Crippen molar-refractivity contribution in [3.63, 3.8) is 0 Å². The lowest BCUT2D eigenvalue weighted by atomic mass is 10.0. The van der Waals surface area contributed by atoms with Crippen molar-refractivity contribution in [3.8, 4) is 17.4 Å². The summed E-state index contributed by atoms with van der Waals surface area (Å²) in [6.45, 7) is 7.48. The second kappa shape index (κ2) is 16.2. The van der Waals surface area contributed by atoms with Gasteiger partial charge in [0, 0.05) is 40.4 Å². The van der Waals surface area contributed by atoms with Crippen molar-refractivity contribution in [1.29, 1.82) is 0 Å². The van der Waals surface area contributed by atoms with Crippen LogP contribution in [0.15, 0.2) is 36.5 Å². The van der Waals surface area contributed by atoms with Crippen LogP contribution in [0.1, 0.15) is 91.9 Å². The number of carbonyl (C=O) groups excluding carboxylic acids is 4. The molecule has 2 aliphatic carbocycles. The van der Waals surface area contributed by atoms with Crippen molar-refractivity contribution in [2.75, 3.05) is 13.7 Å². The van der Waals surface area contributed by atoms with Gasteiger partial charge in [0.05, 0.1) is 30.5 Å². The van der Waals surface area contributed by atoms with Crippen molar-refractivity contribution in [1.82, 2.24) is 30.2 Å². The predicted octanol–water partition coefficient (Wildman–Crippen LogP) is 4.25. The fourth-order valence-corrected chi connectivity index (χ4v) is 9.72. The van der Waals surface area contributed by atoms with Crippen LogP contribution in [-0.4, -0.2) is 95.6 Å². The molecule has 4 amide bonds. The van der Waals surface area contributed by atoms with E-state index in [1.54, 1.807) is 19.4 Å². The number of thiazole rings is 1. The minimum atomic E-state index is -3.90. The number of amides is 4. The molecule has 4 heterocycles. The number of allylic oxidation sites excluding steroid dienone is 1. The Labute approximate surface area is 336 Å². The number of hydrogen-bond acceptors (Lipinski definition) is 12. The van der Waals surface area contributed by atoms with E-state index < -0.39 is 68.5 Å². The Morgan fingerprint density at radius 3 is 2.58 bits per heavy atom. The Morgan fingerprint density at radius 1 is 1.09 bits per heavy atom. The molecular formula is C40H50N6O9S2. The lowest BCUT2D eigenvalue weighted by Crippen LogP contribution is -2.58. The minimum Gasteiger partial charge on any atom is -0.496 e. The van der Waals surface area contributed by atoms with Gasteiger partial charge >= 0.3 is 0 Å². The summed E-state index contributed by atoms with van der Waals surface area (Å²) in [6.07, 6.45) is 8.92. The number of nitrogens with zero attached hydrogens (tertiary/aromatic N) is 3. The lowest BCUT2D eigenvalue weighted by Gasteiger charge is -2.29. The Bertz CT molecular complexity index is 2200. The number of aryl methyl sites for hydroxylation is 2. The highest BCUT2D eigenvalue weighted by Crippen LogP contribution is 2.46. The van der Waals surface area contributed by atoms with Crippen molar-refractivity contribution < 1.29 is 41.8 Å². The molecular weight excluding hydrogens is 773 g/mol. The summed E-state index contributed by atoms with van der Waals surface area (Å²) in [6, 6.07) is 3.24. The average Bonchev–Trinajstić information content (AvgIpc) is 4.05. The monoisotopic (exact) mass is 822 g/mol. The maximum absolute atomic E-state index is 14.7. The molecule has 5 atom stereocenters. The Balaban J connectivity index is 1.23. The molecule has 0 spiro atoms. The third-order valence-electron chi connectivity index (χ3n) is 11.0. The molecule has 0 bridgehead atoms. The smallest absolute Gasteiger partial charge is 0.280 e. The van der Waals surface area contributed by atoms with Crippen molar-refractivity contribution in [3.05, 3.63) is 52.0 Å². The van der Waals surface area contributed by atoms with E-state index in [0.29, 0.717) is 60.4 Å². The standard InChI is InChI=1S/C40H50N6O9S2/c1-22(2)54-33-18-32(28-15-16-31(53-5)24(4)34(28)43-33)55-26-17-30-35(47)44-40(39(50)45-57(51,52)27-13-14-27)19-25(40)11-9-7-6-8-10-12-29(38(49)46(30)21-26)42-36(48)37-41-20-23(3)56-37/h9,11,15-16,18,20,22,25-27,29-30H,6-8,10,12-14,17,19,21H2,1-5H3,(H,42,48)(H,44,47)(H,45,50)/b11-9-/t25-,26-,29+,30+,40-/m1/s1. The fraction of sp³-hybridized carbons (Fsp3) is 0.550. The van der Waals surface area contributed by atoms with E-state index in [1.165, 1.54) is 16.2 Å². The van der Waals surface area contributed by atoms with Crippen LogP contribution in [-0.2, 0) is 24.4 Å². The van der Waals surface area contributed by atoms with Gasteiger partial charge in [0.1, 0.15) is 35.2 Å². The molecule has 4 aliphatic rings. The first-order valence-electron chi connectivity index (χ1n) is 19.6. The van der Waals surface area contributed by atoms with E-state index in [0.717, 1.165) is 23.3 Å². The molecule has 306 valence electrons. The maximum Gasteiger partial charge on any atom is 0.280 e. The van der Waals surface area contributed by atoms with Gasteiger partial charge in [-0.25, -0.2) is 18.4 Å². The average molecular weight is 823 g/mol. The van der Waals surface area contributed by atoms with Crippen LogP contribution >= 0.6 is 11.3 Å². The number of carbonyl (C=O) groups is 4. The number of ether oxygens (including phenoxy) is 3. The normalized spacial score (nSPS) is 26.0. The summed E-state index contributed by atoms with van der Waals surface area (Å²) in [5.74, 6) is -1.41. The van der Waals surface area contributed by atoms with Gasteiger partial charge < -0.3 is 29.7 Å². The van der Waals surface area contributed by atoms with Crippen LogP contribution in [0, 0.1) is 19.8 Å². The van der Waals surface area contributed by atoms with Gasteiger partial charge in [-0.1, -0.05) is 25.0 Å². The minimum absolute atomic E-state index is 0.0163. The van der Waals surface area contributed by atoms with Crippen molar-refractivity contribution in [2.45, 2.75) is 121 Å². The topological polar surface area (TPSA) is 195 Å². The number of sulfonamides is 1.